The summed E-state index contributed by atoms with van der Waals surface area (Å²) in [7, 11) is 0. The molecule has 0 saturated carbocycles. The molecule has 0 aromatic carbocycles. The zero-order valence-electron chi connectivity index (χ0n) is 8.23. The van der Waals surface area contributed by atoms with Gasteiger partial charge in [0.2, 0.25) is 0 Å². The third kappa shape index (κ3) is 2.88. The van der Waals surface area contributed by atoms with Crippen LogP contribution in [0.5, 0.6) is 0 Å². The average molecular weight is 208 g/mol. The van der Waals surface area contributed by atoms with E-state index in [1.807, 2.05) is 19.3 Å². The Bertz CT molecular complexity index is 352. The highest BCUT2D eigenvalue weighted by Crippen LogP contribution is 2.17. The fourth-order valence-corrected chi connectivity index (χ4v) is 1.05. The second-order valence-corrected chi connectivity index (χ2v) is 3.53. The molecule has 0 fully saturated rings. The molecular formula is C10H12N2OS. The SMILES string of the molecule is C=C/C=C(\N=C(C)SC)c1cnoc1. The summed E-state index contributed by atoms with van der Waals surface area (Å²) in [6.07, 6.45) is 8.70. The Morgan fingerprint density at radius 2 is 2.50 bits per heavy atom. The summed E-state index contributed by atoms with van der Waals surface area (Å²) in [6.45, 7) is 5.59. The monoisotopic (exact) mass is 208 g/mol. The molecular weight excluding hydrogens is 196 g/mol. The first-order valence-corrected chi connectivity index (χ1v) is 5.32. The lowest BCUT2D eigenvalue weighted by Gasteiger charge is -1.97. The molecule has 0 bridgehead atoms. The molecule has 4 heteroatoms. The number of nitrogens with zero attached hydrogens (tertiary/aromatic N) is 2. The molecule has 0 spiro atoms. The minimum Gasteiger partial charge on any atom is -0.364 e. The molecule has 0 aliphatic carbocycles. The Kier molecular flexibility index (Phi) is 4.19. The van der Waals surface area contributed by atoms with E-state index in [0.717, 1.165) is 16.3 Å². The first kappa shape index (κ1) is 10.8. The largest absolute Gasteiger partial charge is 0.364 e. The number of aromatic nitrogens is 1. The molecule has 1 heterocycles. The zero-order chi connectivity index (χ0) is 10.4. The molecule has 1 aromatic heterocycles. The number of hydrogen-bond donors (Lipinski definition) is 0. The van der Waals surface area contributed by atoms with Crippen molar-refractivity contribution in [2.45, 2.75) is 6.92 Å². The van der Waals surface area contributed by atoms with E-state index >= 15 is 0 Å². The van der Waals surface area contributed by atoms with Crippen LogP contribution in [0.2, 0.25) is 0 Å². The van der Waals surface area contributed by atoms with Crippen LogP contribution in [0.15, 0.2) is 40.7 Å². The lowest BCUT2D eigenvalue weighted by atomic mass is 10.2. The van der Waals surface area contributed by atoms with Gasteiger partial charge in [0, 0.05) is 0 Å². The van der Waals surface area contributed by atoms with Gasteiger partial charge in [-0.05, 0) is 19.3 Å². The van der Waals surface area contributed by atoms with Crippen molar-refractivity contribution in [3.63, 3.8) is 0 Å². The summed E-state index contributed by atoms with van der Waals surface area (Å²) in [5, 5.41) is 4.62. The maximum absolute atomic E-state index is 4.76. The normalized spacial score (nSPS) is 13.0. The van der Waals surface area contributed by atoms with Crippen LogP contribution in [0.4, 0.5) is 0 Å². The van der Waals surface area contributed by atoms with Crippen LogP contribution in [0, 0.1) is 0 Å². The van der Waals surface area contributed by atoms with E-state index in [0.29, 0.717) is 0 Å². The van der Waals surface area contributed by atoms with Crippen LogP contribution in [-0.2, 0) is 0 Å². The summed E-state index contributed by atoms with van der Waals surface area (Å²) in [4.78, 5) is 4.40. The lowest BCUT2D eigenvalue weighted by Crippen LogP contribution is -1.84. The maximum atomic E-state index is 4.76. The summed E-state index contributed by atoms with van der Waals surface area (Å²) in [5.74, 6) is 0. The Morgan fingerprint density at radius 1 is 1.71 bits per heavy atom. The molecule has 1 aromatic rings. The highest BCUT2D eigenvalue weighted by atomic mass is 32.2. The molecule has 0 unspecified atom stereocenters. The van der Waals surface area contributed by atoms with Crippen LogP contribution >= 0.6 is 11.8 Å². The number of allylic oxidation sites excluding steroid dienone is 2. The molecule has 0 aliphatic rings. The fourth-order valence-electron chi connectivity index (χ4n) is 0.856. The molecule has 0 aliphatic heterocycles. The number of thioether (sulfide) groups is 1. The van der Waals surface area contributed by atoms with E-state index in [1.165, 1.54) is 0 Å². The van der Waals surface area contributed by atoms with E-state index in [2.05, 4.69) is 16.7 Å². The standard InChI is InChI=1S/C10H12N2OS/c1-4-5-10(12-8(2)14-3)9-6-11-13-7-9/h4-7H,1H2,2-3H3/b10-5-,12-8?. The minimum absolute atomic E-state index is 0.813. The highest BCUT2D eigenvalue weighted by Gasteiger charge is 2.01. The number of aliphatic imine (C=N–C) groups is 1. The molecule has 0 amide bonds. The van der Waals surface area contributed by atoms with E-state index in [-0.39, 0.29) is 0 Å². The van der Waals surface area contributed by atoms with E-state index in [4.69, 9.17) is 4.52 Å². The second-order valence-electron chi connectivity index (χ2n) is 2.54. The molecule has 0 atom stereocenters. The van der Waals surface area contributed by atoms with Crippen molar-refractivity contribution in [3.05, 3.63) is 36.8 Å². The average Bonchev–Trinajstić information content (AvgIpc) is 2.69. The van der Waals surface area contributed by atoms with E-state index < -0.39 is 0 Å². The van der Waals surface area contributed by atoms with Gasteiger partial charge < -0.3 is 4.52 Å². The Hall–Kier alpha value is -1.29. The predicted octanol–water partition coefficient (Wildman–Crippen LogP) is 2.98. The van der Waals surface area contributed by atoms with Gasteiger partial charge in [-0.2, -0.15) is 0 Å². The number of hydrogen-bond acceptors (Lipinski definition) is 4. The van der Waals surface area contributed by atoms with Gasteiger partial charge in [0.25, 0.3) is 0 Å². The quantitative estimate of drug-likeness (QED) is 0.435. The van der Waals surface area contributed by atoms with Crippen LogP contribution in [0.1, 0.15) is 12.5 Å². The van der Waals surface area contributed by atoms with E-state index in [1.54, 1.807) is 30.3 Å². The minimum atomic E-state index is 0.813. The number of rotatable bonds is 3. The molecule has 0 N–H and O–H groups in total. The van der Waals surface area contributed by atoms with Gasteiger partial charge >= 0.3 is 0 Å². The highest BCUT2D eigenvalue weighted by molar-refractivity contribution is 8.13. The first-order chi connectivity index (χ1) is 6.77. The smallest absolute Gasteiger partial charge is 0.133 e. The Labute approximate surface area is 87.6 Å². The first-order valence-electron chi connectivity index (χ1n) is 4.09. The van der Waals surface area contributed by atoms with Gasteiger partial charge in [0.05, 0.1) is 22.5 Å². The summed E-state index contributed by atoms with van der Waals surface area (Å²) in [5.41, 5.74) is 1.67. The van der Waals surface area contributed by atoms with Crippen LogP contribution in [0.3, 0.4) is 0 Å². The van der Waals surface area contributed by atoms with Gasteiger partial charge in [-0.3, -0.25) is 0 Å². The van der Waals surface area contributed by atoms with Crippen molar-refractivity contribution in [3.8, 4) is 0 Å². The summed E-state index contributed by atoms with van der Waals surface area (Å²) < 4.78 is 4.76. The van der Waals surface area contributed by atoms with Crippen LogP contribution in [0.25, 0.3) is 5.70 Å². The maximum Gasteiger partial charge on any atom is 0.133 e. The van der Waals surface area contributed by atoms with Gasteiger partial charge in [-0.15, -0.1) is 11.8 Å². The molecule has 0 radical (unpaired) electrons. The molecule has 74 valence electrons. The second kappa shape index (κ2) is 5.44. The summed E-state index contributed by atoms with van der Waals surface area (Å²) >= 11 is 1.60. The van der Waals surface area contributed by atoms with Crippen molar-refractivity contribution < 1.29 is 4.52 Å². The predicted molar refractivity (Wildman–Crippen MR) is 61.3 cm³/mol. The Morgan fingerprint density at radius 3 is 3.00 bits per heavy atom. The topological polar surface area (TPSA) is 38.4 Å². The third-order valence-electron chi connectivity index (χ3n) is 1.58. The zero-order valence-corrected chi connectivity index (χ0v) is 9.04. The molecule has 0 saturated heterocycles. The van der Waals surface area contributed by atoms with E-state index in [9.17, 15) is 0 Å². The van der Waals surface area contributed by atoms with Gasteiger partial charge in [0.1, 0.15) is 6.26 Å². The van der Waals surface area contributed by atoms with Gasteiger partial charge in [-0.25, -0.2) is 4.99 Å². The van der Waals surface area contributed by atoms with Crippen molar-refractivity contribution in [1.82, 2.24) is 5.16 Å². The van der Waals surface area contributed by atoms with Crippen molar-refractivity contribution in [2.24, 2.45) is 4.99 Å². The fraction of sp³-hybridized carbons (Fsp3) is 0.200. The van der Waals surface area contributed by atoms with Crippen molar-refractivity contribution in [1.29, 1.82) is 0 Å². The molecule has 3 nitrogen and oxygen atoms in total. The molecule has 14 heavy (non-hydrogen) atoms. The van der Waals surface area contributed by atoms with Crippen molar-refractivity contribution in [2.75, 3.05) is 6.26 Å². The van der Waals surface area contributed by atoms with Crippen LogP contribution in [-0.4, -0.2) is 16.5 Å². The van der Waals surface area contributed by atoms with Gasteiger partial charge in [0.15, 0.2) is 0 Å². The summed E-state index contributed by atoms with van der Waals surface area (Å²) in [6, 6.07) is 0. The molecule has 1 rings (SSSR count). The third-order valence-corrected chi connectivity index (χ3v) is 2.26. The van der Waals surface area contributed by atoms with Crippen molar-refractivity contribution >= 4 is 22.5 Å². The van der Waals surface area contributed by atoms with Crippen LogP contribution < -0.4 is 0 Å². The van der Waals surface area contributed by atoms with Gasteiger partial charge in [-0.1, -0.05) is 17.8 Å². The Balaban J connectivity index is 2.98. The lowest BCUT2D eigenvalue weighted by molar-refractivity contribution is 0.419.